The van der Waals surface area contributed by atoms with Gasteiger partial charge in [-0.05, 0) is 36.2 Å². The van der Waals surface area contributed by atoms with Crippen LogP contribution in [0.25, 0.3) is 0 Å². The average Bonchev–Trinajstić information content (AvgIpc) is 2.88. The molecule has 0 atom stereocenters. The Morgan fingerprint density at radius 2 is 1.96 bits per heavy atom. The maximum atomic E-state index is 10.9. The molecular weight excluding hydrogens is 310 g/mol. The lowest BCUT2D eigenvalue weighted by atomic mass is 10.1. The average molecular weight is 331 g/mol. The van der Waals surface area contributed by atoms with Crippen LogP contribution in [0.3, 0.4) is 0 Å². The first-order valence-corrected chi connectivity index (χ1v) is 8.64. The van der Waals surface area contributed by atoms with Crippen molar-refractivity contribution in [3.63, 3.8) is 0 Å². The summed E-state index contributed by atoms with van der Waals surface area (Å²) in [7, 11) is 0. The lowest BCUT2D eigenvalue weighted by molar-refractivity contribution is 0.0346. The molecule has 1 N–H and O–H groups in total. The van der Waals surface area contributed by atoms with Crippen molar-refractivity contribution in [2.45, 2.75) is 19.9 Å². The summed E-state index contributed by atoms with van der Waals surface area (Å²) in [5.74, 6) is -0.878. The summed E-state index contributed by atoms with van der Waals surface area (Å²) in [6.07, 6.45) is 0.861. The van der Waals surface area contributed by atoms with Gasteiger partial charge in [0.25, 0.3) is 0 Å². The number of aromatic carboxylic acids is 1. The number of rotatable bonds is 5. The molecule has 1 aliphatic rings. The number of carboxylic acids is 1. The molecule has 0 radical (unpaired) electrons. The molecule has 1 saturated heterocycles. The van der Waals surface area contributed by atoms with Crippen molar-refractivity contribution in [2.24, 2.45) is 0 Å². The summed E-state index contributed by atoms with van der Waals surface area (Å²) >= 11 is 1.86. The molecular formula is C18H21NO3S. The van der Waals surface area contributed by atoms with E-state index < -0.39 is 5.97 Å². The number of ether oxygens (including phenoxy) is 1. The van der Waals surface area contributed by atoms with Gasteiger partial charge in [-0.1, -0.05) is 12.1 Å². The molecule has 0 aliphatic carbocycles. The van der Waals surface area contributed by atoms with Crippen molar-refractivity contribution in [1.82, 2.24) is 4.90 Å². The summed E-state index contributed by atoms with van der Waals surface area (Å²) in [6.45, 7) is 6.80. The molecule has 4 nitrogen and oxygen atoms in total. The van der Waals surface area contributed by atoms with Crippen LogP contribution >= 0.6 is 11.3 Å². The molecule has 1 fully saturated rings. The molecule has 1 aromatic heterocycles. The zero-order chi connectivity index (χ0) is 16.2. The highest BCUT2D eigenvalue weighted by molar-refractivity contribution is 7.12. The van der Waals surface area contributed by atoms with Crippen LogP contribution in [0.2, 0.25) is 0 Å². The number of aryl methyl sites for hydroxylation is 1. The molecule has 0 saturated carbocycles. The van der Waals surface area contributed by atoms with Gasteiger partial charge in [0, 0.05) is 35.8 Å². The standard InChI is InChI=1S/C18H21NO3S/c1-13-10-16(12-19-6-8-22-9-7-19)23-17(13)11-14-2-4-15(5-3-14)18(20)21/h2-5,10H,6-9,11-12H2,1H3,(H,20,21). The summed E-state index contributed by atoms with van der Waals surface area (Å²) < 4.78 is 5.39. The minimum Gasteiger partial charge on any atom is -0.478 e. The van der Waals surface area contributed by atoms with Crippen LogP contribution in [-0.2, 0) is 17.7 Å². The summed E-state index contributed by atoms with van der Waals surface area (Å²) in [5, 5.41) is 8.96. The fraction of sp³-hybridized carbons (Fsp3) is 0.389. The van der Waals surface area contributed by atoms with Crippen LogP contribution in [0.1, 0.15) is 31.2 Å². The Kier molecular flexibility index (Phi) is 5.10. The smallest absolute Gasteiger partial charge is 0.335 e. The quantitative estimate of drug-likeness (QED) is 0.914. The Morgan fingerprint density at radius 3 is 2.61 bits per heavy atom. The molecule has 0 unspecified atom stereocenters. The second-order valence-corrected chi connectivity index (χ2v) is 7.11. The number of nitrogens with zero attached hydrogens (tertiary/aromatic N) is 1. The summed E-state index contributed by atoms with van der Waals surface area (Å²) in [5.41, 5.74) is 2.81. The number of carbonyl (C=O) groups is 1. The van der Waals surface area contributed by atoms with E-state index in [4.69, 9.17) is 9.84 Å². The number of hydrogen-bond donors (Lipinski definition) is 1. The molecule has 3 rings (SSSR count). The Balaban J connectivity index is 1.66. The second kappa shape index (κ2) is 7.25. The van der Waals surface area contributed by atoms with Gasteiger partial charge in [-0.25, -0.2) is 4.79 Å². The lowest BCUT2D eigenvalue weighted by Gasteiger charge is -2.25. The molecule has 122 valence electrons. The monoisotopic (exact) mass is 331 g/mol. The number of hydrogen-bond acceptors (Lipinski definition) is 4. The van der Waals surface area contributed by atoms with E-state index in [0.29, 0.717) is 5.56 Å². The van der Waals surface area contributed by atoms with Gasteiger partial charge >= 0.3 is 5.97 Å². The van der Waals surface area contributed by atoms with Crippen molar-refractivity contribution in [3.8, 4) is 0 Å². The van der Waals surface area contributed by atoms with Gasteiger partial charge in [0.1, 0.15) is 0 Å². The van der Waals surface area contributed by atoms with E-state index in [1.54, 1.807) is 12.1 Å². The predicted octanol–water partition coefficient (Wildman–Crippen LogP) is 3.18. The van der Waals surface area contributed by atoms with E-state index in [2.05, 4.69) is 17.9 Å². The lowest BCUT2D eigenvalue weighted by Crippen LogP contribution is -2.35. The maximum Gasteiger partial charge on any atom is 0.335 e. The fourth-order valence-corrected chi connectivity index (χ4v) is 4.03. The van der Waals surface area contributed by atoms with Gasteiger partial charge in [-0.2, -0.15) is 0 Å². The highest BCUT2D eigenvalue weighted by atomic mass is 32.1. The first-order valence-electron chi connectivity index (χ1n) is 7.82. The van der Waals surface area contributed by atoms with E-state index in [0.717, 1.165) is 44.8 Å². The van der Waals surface area contributed by atoms with Crippen molar-refractivity contribution in [1.29, 1.82) is 0 Å². The van der Waals surface area contributed by atoms with Crippen LogP contribution in [-0.4, -0.2) is 42.3 Å². The number of carboxylic acid groups (broad SMARTS) is 1. The number of morpholine rings is 1. The molecule has 0 amide bonds. The molecule has 1 aromatic carbocycles. The van der Waals surface area contributed by atoms with E-state index in [-0.39, 0.29) is 0 Å². The SMILES string of the molecule is Cc1cc(CN2CCOCC2)sc1Cc1ccc(C(=O)O)cc1. The fourth-order valence-electron chi connectivity index (χ4n) is 2.77. The first kappa shape index (κ1) is 16.2. The third-order valence-corrected chi connectivity index (χ3v) is 5.34. The minimum absolute atomic E-state index is 0.338. The summed E-state index contributed by atoms with van der Waals surface area (Å²) in [4.78, 5) is 16.1. The third-order valence-electron chi connectivity index (χ3n) is 4.12. The normalized spacial score (nSPS) is 15.7. The Bertz CT molecular complexity index is 672. The van der Waals surface area contributed by atoms with Gasteiger partial charge in [0.05, 0.1) is 18.8 Å². The minimum atomic E-state index is -0.878. The number of thiophene rings is 1. The van der Waals surface area contributed by atoms with E-state index in [1.807, 2.05) is 23.5 Å². The molecule has 0 spiro atoms. The summed E-state index contributed by atoms with van der Waals surface area (Å²) in [6, 6.07) is 9.44. The molecule has 2 heterocycles. The van der Waals surface area contributed by atoms with E-state index in [9.17, 15) is 4.79 Å². The van der Waals surface area contributed by atoms with Crippen molar-refractivity contribution >= 4 is 17.3 Å². The van der Waals surface area contributed by atoms with Gasteiger partial charge in [-0.3, -0.25) is 4.90 Å². The van der Waals surface area contributed by atoms with E-state index in [1.165, 1.54) is 15.3 Å². The highest BCUT2D eigenvalue weighted by Gasteiger charge is 2.13. The molecule has 2 aromatic rings. The van der Waals surface area contributed by atoms with Gasteiger partial charge in [0.2, 0.25) is 0 Å². The molecule has 1 aliphatic heterocycles. The topological polar surface area (TPSA) is 49.8 Å². The van der Waals surface area contributed by atoms with Gasteiger partial charge in [0.15, 0.2) is 0 Å². The van der Waals surface area contributed by atoms with Crippen molar-refractivity contribution < 1.29 is 14.6 Å². The highest BCUT2D eigenvalue weighted by Crippen LogP contribution is 2.26. The van der Waals surface area contributed by atoms with Gasteiger partial charge < -0.3 is 9.84 Å². The molecule has 0 bridgehead atoms. The number of benzene rings is 1. The first-order chi connectivity index (χ1) is 11.1. The zero-order valence-electron chi connectivity index (χ0n) is 13.2. The molecule has 5 heteroatoms. The van der Waals surface area contributed by atoms with Crippen LogP contribution in [0.15, 0.2) is 30.3 Å². The van der Waals surface area contributed by atoms with Crippen LogP contribution in [0, 0.1) is 6.92 Å². The largest absolute Gasteiger partial charge is 0.478 e. The van der Waals surface area contributed by atoms with Crippen molar-refractivity contribution in [3.05, 3.63) is 56.8 Å². The Hall–Kier alpha value is -1.69. The van der Waals surface area contributed by atoms with Crippen LogP contribution < -0.4 is 0 Å². The second-order valence-electron chi connectivity index (χ2n) is 5.89. The zero-order valence-corrected chi connectivity index (χ0v) is 14.1. The van der Waals surface area contributed by atoms with E-state index >= 15 is 0 Å². The predicted molar refractivity (Wildman–Crippen MR) is 91.4 cm³/mol. The Labute approximate surface area is 140 Å². The Morgan fingerprint density at radius 1 is 1.26 bits per heavy atom. The third kappa shape index (κ3) is 4.19. The van der Waals surface area contributed by atoms with Gasteiger partial charge in [-0.15, -0.1) is 11.3 Å². The van der Waals surface area contributed by atoms with Crippen LogP contribution in [0.4, 0.5) is 0 Å². The maximum absolute atomic E-state index is 10.9. The van der Waals surface area contributed by atoms with Crippen molar-refractivity contribution in [2.75, 3.05) is 26.3 Å². The molecule has 23 heavy (non-hydrogen) atoms. The van der Waals surface area contributed by atoms with Crippen LogP contribution in [0.5, 0.6) is 0 Å².